The van der Waals surface area contributed by atoms with Crippen LogP contribution in [-0.4, -0.2) is 34.8 Å². The number of rotatable bonds is 2. The molecule has 18 heavy (non-hydrogen) atoms. The largest absolute Gasteiger partial charge is 0.225 e. The Kier molecular flexibility index (Phi) is 2.73. The van der Waals surface area contributed by atoms with Gasteiger partial charge in [0.15, 0.2) is 5.82 Å². The lowest BCUT2D eigenvalue weighted by Crippen LogP contribution is -2.11. The Morgan fingerprint density at radius 3 is 2.83 bits per heavy atom. The van der Waals surface area contributed by atoms with E-state index in [1.54, 1.807) is 10.9 Å². The van der Waals surface area contributed by atoms with Crippen LogP contribution in [0.5, 0.6) is 0 Å². The maximum absolute atomic E-state index is 5.32. The van der Waals surface area contributed by atoms with E-state index in [-0.39, 0.29) is 0 Å². The Bertz CT molecular complexity index is 643. The lowest BCUT2D eigenvalue weighted by atomic mass is 10.1. The summed E-state index contributed by atoms with van der Waals surface area (Å²) in [5, 5.41) is 7.94. The van der Waals surface area contributed by atoms with Gasteiger partial charge in [-0.25, -0.2) is 19.6 Å². The average molecular weight is 256 g/mol. The Balaban J connectivity index is 2.10. The molecule has 2 aromatic heterocycles. The molecule has 0 fully saturated rings. The van der Waals surface area contributed by atoms with Crippen molar-refractivity contribution in [2.24, 2.45) is 0 Å². The van der Waals surface area contributed by atoms with Crippen molar-refractivity contribution in [1.29, 1.82) is 0 Å². The Hall–Kier alpha value is -2.28. The van der Waals surface area contributed by atoms with Crippen LogP contribution in [0.3, 0.4) is 0 Å². The van der Waals surface area contributed by atoms with Gasteiger partial charge < -0.3 is 0 Å². The third-order valence-electron chi connectivity index (χ3n) is 2.48. The molecule has 0 atom stereocenters. The minimum absolute atomic E-state index is 0.522. The number of thiocarbonyl (C=S) groups is 1. The van der Waals surface area contributed by atoms with Gasteiger partial charge in [-0.15, -0.1) is 5.10 Å². The molecule has 0 spiro atoms. The van der Waals surface area contributed by atoms with Crippen LogP contribution in [-0.2, 0) is 0 Å². The highest BCUT2D eigenvalue weighted by Gasteiger charge is 2.16. The molecule has 6 nitrogen and oxygen atoms in total. The third-order valence-corrected chi connectivity index (χ3v) is 2.85. The van der Waals surface area contributed by atoms with E-state index in [0.29, 0.717) is 11.5 Å². The van der Waals surface area contributed by atoms with Crippen molar-refractivity contribution in [3.63, 3.8) is 0 Å². The molecule has 0 radical (unpaired) electrons. The van der Waals surface area contributed by atoms with E-state index >= 15 is 0 Å². The van der Waals surface area contributed by atoms with E-state index in [1.165, 1.54) is 12.7 Å². The van der Waals surface area contributed by atoms with E-state index in [2.05, 4.69) is 25.3 Å². The monoisotopic (exact) mass is 256 g/mol. The van der Waals surface area contributed by atoms with Gasteiger partial charge >= 0.3 is 0 Å². The number of allylic oxidation sites excluding steroid dienone is 4. The molecule has 0 N–H and O–H groups in total. The molecule has 0 saturated carbocycles. The zero-order valence-electron chi connectivity index (χ0n) is 9.26. The van der Waals surface area contributed by atoms with Crippen LogP contribution in [0.4, 0.5) is 0 Å². The summed E-state index contributed by atoms with van der Waals surface area (Å²) in [4.78, 5) is 12.8. The van der Waals surface area contributed by atoms with E-state index in [4.69, 9.17) is 12.2 Å². The molecule has 2 heterocycles. The molecule has 1 aliphatic rings. The van der Waals surface area contributed by atoms with Crippen molar-refractivity contribution < 1.29 is 0 Å². The molecule has 0 unspecified atom stereocenters. The van der Waals surface area contributed by atoms with Crippen LogP contribution in [0.2, 0.25) is 0 Å². The topological polar surface area (TPSA) is 69.4 Å². The summed E-state index contributed by atoms with van der Waals surface area (Å²) < 4.78 is 1.65. The molecule has 0 aromatic carbocycles. The molecule has 0 bridgehead atoms. The zero-order chi connectivity index (χ0) is 12.4. The fourth-order valence-electron chi connectivity index (χ4n) is 1.66. The highest BCUT2D eigenvalue weighted by atomic mass is 32.1. The predicted octanol–water partition coefficient (Wildman–Crippen LogP) is 1.30. The maximum atomic E-state index is 5.32. The van der Waals surface area contributed by atoms with Gasteiger partial charge in [0.05, 0.1) is 11.9 Å². The standard InChI is InChI=1S/C11H8N6S/c18-10-4-2-1-3-8(10)17-9(5-15-16-17)11-13-6-12-7-14-11/h1-3,5-7H,4H2. The first-order valence-corrected chi connectivity index (χ1v) is 5.70. The molecule has 3 rings (SSSR count). The highest BCUT2D eigenvalue weighted by Crippen LogP contribution is 2.20. The maximum Gasteiger partial charge on any atom is 0.182 e. The minimum Gasteiger partial charge on any atom is -0.225 e. The van der Waals surface area contributed by atoms with Crippen LogP contribution in [0.1, 0.15) is 6.42 Å². The minimum atomic E-state index is 0.522. The summed E-state index contributed by atoms with van der Waals surface area (Å²) in [6.07, 6.45) is 11.1. The molecule has 0 saturated heterocycles. The van der Waals surface area contributed by atoms with Gasteiger partial charge in [-0.2, -0.15) is 0 Å². The van der Waals surface area contributed by atoms with Crippen molar-refractivity contribution in [2.75, 3.05) is 0 Å². The Morgan fingerprint density at radius 2 is 2.06 bits per heavy atom. The molecule has 0 aliphatic heterocycles. The quantitative estimate of drug-likeness (QED) is 0.754. The fourth-order valence-corrected chi connectivity index (χ4v) is 1.91. The van der Waals surface area contributed by atoms with Crippen molar-refractivity contribution in [1.82, 2.24) is 29.9 Å². The second-order valence-electron chi connectivity index (χ2n) is 3.60. The first-order valence-electron chi connectivity index (χ1n) is 5.30. The average Bonchev–Trinajstić information content (AvgIpc) is 2.89. The number of hydrogen-bond donors (Lipinski definition) is 0. The van der Waals surface area contributed by atoms with Gasteiger partial charge in [-0.3, -0.25) is 0 Å². The van der Waals surface area contributed by atoms with Crippen LogP contribution in [0.15, 0.2) is 37.1 Å². The molecule has 1 aliphatic carbocycles. The molecule has 7 heteroatoms. The Morgan fingerprint density at radius 1 is 1.22 bits per heavy atom. The normalized spacial score (nSPS) is 14.7. The predicted molar refractivity (Wildman–Crippen MR) is 69.5 cm³/mol. The highest BCUT2D eigenvalue weighted by molar-refractivity contribution is 7.81. The number of hydrogen-bond acceptors (Lipinski definition) is 6. The van der Waals surface area contributed by atoms with E-state index in [9.17, 15) is 0 Å². The van der Waals surface area contributed by atoms with Crippen LogP contribution in [0.25, 0.3) is 17.2 Å². The molecule has 2 aromatic rings. The lowest BCUT2D eigenvalue weighted by Gasteiger charge is -2.11. The lowest BCUT2D eigenvalue weighted by molar-refractivity contribution is 0.827. The third kappa shape index (κ3) is 1.84. The molecular weight excluding hydrogens is 248 g/mol. The van der Waals surface area contributed by atoms with Gasteiger partial charge in [0, 0.05) is 11.3 Å². The molecule has 0 amide bonds. The van der Waals surface area contributed by atoms with Crippen molar-refractivity contribution in [3.8, 4) is 11.5 Å². The van der Waals surface area contributed by atoms with Crippen molar-refractivity contribution in [3.05, 3.63) is 37.1 Å². The van der Waals surface area contributed by atoms with Crippen molar-refractivity contribution >= 4 is 22.8 Å². The van der Waals surface area contributed by atoms with E-state index in [0.717, 1.165) is 17.0 Å². The first kappa shape index (κ1) is 10.8. The summed E-state index contributed by atoms with van der Waals surface area (Å²) in [5.41, 5.74) is 1.53. The first-order chi connectivity index (χ1) is 8.86. The summed E-state index contributed by atoms with van der Waals surface area (Å²) in [7, 11) is 0. The molecule has 88 valence electrons. The number of aromatic nitrogens is 6. The van der Waals surface area contributed by atoms with Crippen molar-refractivity contribution in [2.45, 2.75) is 6.42 Å². The summed E-state index contributed by atoms with van der Waals surface area (Å²) in [6.45, 7) is 0. The van der Waals surface area contributed by atoms with Gasteiger partial charge in [0.1, 0.15) is 18.3 Å². The smallest absolute Gasteiger partial charge is 0.182 e. The second-order valence-corrected chi connectivity index (χ2v) is 4.09. The summed E-state index contributed by atoms with van der Waals surface area (Å²) in [5.74, 6) is 0.522. The van der Waals surface area contributed by atoms with E-state index in [1.807, 2.05) is 18.2 Å². The van der Waals surface area contributed by atoms with Gasteiger partial charge in [-0.1, -0.05) is 29.6 Å². The van der Waals surface area contributed by atoms with E-state index < -0.39 is 0 Å². The van der Waals surface area contributed by atoms with Crippen LogP contribution >= 0.6 is 12.2 Å². The Labute approximate surface area is 108 Å². The van der Waals surface area contributed by atoms with Gasteiger partial charge in [0.25, 0.3) is 0 Å². The van der Waals surface area contributed by atoms with Crippen LogP contribution < -0.4 is 0 Å². The fraction of sp³-hybridized carbons (Fsp3) is 0.0909. The molecular formula is C11H8N6S. The summed E-state index contributed by atoms with van der Waals surface area (Å²) in [6, 6.07) is 0. The van der Waals surface area contributed by atoms with Gasteiger partial charge in [-0.05, 0) is 6.08 Å². The SMILES string of the molecule is S=C1CC=CC=C1n1nncc1-c1ncncn1. The number of nitrogens with zero attached hydrogens (tertiary/aromatic N) is 6. The van der Waals surface area contributed by atoms with Gasteiger partial charge in [0.2, 0.25) is 0 Å². The zero-order valence-corrected chi connectivity index (χ0v) is 10.1. The summed E-state index contributed by atoms with van der Waals surface area (Å²) >= 11 is 5.32. The second kappa shape index (κ2) is 4.53. The van der Waals surface area contributed by atoms with Crippen LogP contribution in [0, 0.1) is 0 Å².